The van der Waals surface area contributed by atoms with E-state index in [2.05, 4.69) is 4.98 Å². The van der Waals surface area contributed by atoms with E-state index in [1.807, 2.05) is 17.9 Å². The third kappa shape index (κ3) is 1.45. The van der Waals surface area contributed by atoms with Gasteiger partial charge < -0.3 is 15.7 Å². The highest BCUT2D eigenvalue weighted by Crippen LogP contribution is 2.23. The minimum Gasteiger partial charge on any atom is -0.397 e. The SMILES string of the molecule is Cc1cc(N)cnc1N1CC(O)C1. The van der Waals surface area contributed by atoms with Crippen LogP contribution in [0.4, 0.5) is 11.5 Å². The first-order chi connectivity index (χ1) is 6.16. The topological polar surface area (TPSA) is 62.4 Å². The van der Waals surface area contributed by atoms with Crippen LogP contribution < -0.4 is 10.6 Å². The van der Waals surface area contributed by atoms with Crippen LogP contribution in [0.1, 0.15) is 5.56 Å². The van der Waals surface area contributed by atoms with Gasteiger partial charge in [0.25, 0.3) is 0 Å². The van der Waals surface area contributed by atoms with Crippen molar-refractivity contribution in [1.82, 2.24) is 4.98 Å². The number of aliphatic hydroxyl groups is 1. The van der Waals surface area contributed by atoms with Crippen molar-refractivity contribution in [3.63, 3.8) is 0 Å². The number of aromatic nitrogens is 1. The Morgan fingerprint density at radius 1 is 1.62 bits per heavy atom. The first-order valence-corrected chi connectivity index (χ1v) is 4.32. The normalized spacial score (nSPS) is 17.2. The second-order valence-electron chi connectivity index (χ2n) is 3.47. The molecule has 1 aliphatic heterocycles. The van der Waals surface area contributed by atoms with Crippen LogP contribution in [-0.2, 0) is 0 Å². The number of hydrogen-bond acceptors (Lipinski definition) is 4. The van der Waals surface area contributed by atoms with Gasteiger partial charge in [0.2, 0.25) is 0 Å². The van der Waals surface area contributed by atoms with Crippen LogP contribution in [-0.4, -0.2) is 29.3 Å². The molecule has 3 N–H and O–H groups in total. The molecule has 0 aromatic carbocycles. The Labute approximate surface area is 77.0 Å². The summed E-state index contributed by atoms with van der Waals surface area (Å²) in [6.45, 7) is 3.33. The number of nitrogens with zero attached hydrogens (tertiary/aromatic N) is 2. The molecule has 1 aromatic heterocycles. The Morgan fingerprint density at radius 3 is 2.85 bits per heavy atom. The molecule has 70 valence electrons. The molecule has 1 aromatic rings. The number of aryl methyl sites for hydroxylation is 1. The van der Waals surface area contributed by atoms with Gasteiger partial charge in [0.05, 0.1) is 18.0 Å². The average Bonchev–Trinajstić information content (AvgIpc) is 2.00. The molecular weight excluding hydrogens is 166 g/mol. The van der Waals surface area contributed by atoms with E-state index in [-0.39, 0.29) is 6.10 Å². The quantitative estimate of drug-likeness (QED) is 0.644. The number of hydrogen-bond donors (Lipinski definition) is 2. The molecular formula is C9H13N3O. The van der Waals surface area contributed by atoms with Gasteiger partial charge in [-0.05, 0) is 18.6 Å². The van der Waals surface area contributed by atoms with Crippen LogP contribution in [0.25, 0.3) is 0 Å². The Hall–Kier alpha value is -1.29. The Balaban J connectivity index is 2.21. The van der Waals surface area contributed by atoms with Gasteiger partial charge in [0.1, 0.15) is 5.82 Å². The van der Waals surface area contributed by atoms with E-state index in [1.54, 1.807) is 6.20 Å². The zero-order chi connectivity index (χ0) is 9.42. The maximum absolute atomic E-state index is 9.13. The van der Waals surface area contributed by atoms with Crippen molar-refractivity contribution in [3.05, 3.63) is 17.8 Å². The fraction of sp³-hybridized carbons (Fsp3) is 0.444. The summed E-state index contributed by atoms with van der Waals surface area (Å²) in [7, 11) is 0. The van der Waals surface area contributed by atoms with Crippen LogP contribution in [0.3, 0.4) is 0 Å². The second kappa shape index (κ2) is 2.88. The lowest BCUT2D eigenvalue weighted by molar-refractivity contribution is 0.141. The Kier molecular flexibility index (Phi) is 1.84. The number of β-amino-alcohol motifs (C(OH)–C–C–N with tert-alkyl or cyclic N) is 1. The fourth-order valence-corrected chi connectivity index (χ4v) is 1.55. The summed E-state index contributed by atoms with van der Waals surface area (Å²) in [4.78, 5) is 6.27. The molecule has 2 heterocycles. The highest BCUT2D eigenvalue weighted by Gasteiger charge is 2.26. The third-order valence-electron chi connectivity index (χ3n) is 2.23. The van der Waals surface area contributed by atoms with Gasteiger partial charge >= 0.3 is 0 Å². The molecule has 1 aliphatic rings. The predicted octanol–water partition coefficient (Wildman–Crippen LogP) is 0.153. The minimum atomic E-state index is -0.196. The number of aliphatic hydroxyl groups excluding tert-OH is 1. The van der Waals surface area contributed by atoms with Crippen molar-refractivity contribution in [2.75, 3.05) is 23.7 Å². The fourth-order valence-electron chi connectivity index (χ4n) is 1.55. The van der Waals surface area contributed by atoms with E-state index in [9.17, 15) is 0 Å². The van der Waals surface area contributed by atoms with E-state index in [4.69, 9.17) is 10.8 Å². The first-order valence-electron chi connectivity index (χ1n) is 4.32. The number of rotatable bonds is 1. The van der Waals surface area contributed by atoms with Crippen LogP contribution in [0.2, 0.25) is 0 Å². The summed E-state index contributed by atoms with van der Waals surface area (Å²) < 4.78 is 0. The lowest BCUT2D eigenvalue weighted by Gasteiger charge is -2.37. The van der Waals surface area contributed by atoms with Crippen LogP contribution in [0.15, 0.2) is 12.3 Å². The molecule has 0 bridgehead atoms. The predicted molar refractivity (Wildman–Crippen MR) is 51.6 cm³/mol. The molecule has 0 saturated carbocycles. The molecule has 1 fully saturated rings. The van der Waals surface area contributed by atoms with Gasteiger partial charge in [-0.25, -0.2) is 4.98 Å². The van der Waals surface area contributed by atoms with Crippen LogP contribution >= 0.6 is 0 Å². The Bertz CT molecular complexity index is 321. The molecule has 0 spiro atoms. The molecule has 13 heavy (non-hydrogen) atoms. The van der Waals surface area contributed by atoms with E-state index < -0.39 is 0 Å². The number of nitrogen functional groups attached to an aromatic ring is 1. The molecule has 2 rings (SSSR count). The number of anilines is 2. The van der Waals surface area contributed by atoms with E-state index >= 15 is 0 Å². The van der Waals surface area contributed by atoms with Gasteiger partial charge in [0.15, 0.2) is 0 Å². The highest BCUT2D eigenvalue weighted by atomic mass is 16.3. The van der Waals surface area contributed by atoms with E-state index in [0.29, 0.717) is 18.8 Å². The molecule has 0 amide bonds. The van der Waals surface area contributed by atoms with E-state index in [0.717, 1.165) is 11.4 Å². The van der Waals surface area contributed by atoms with Crippen molar-refractivity contribution in [2.24, 2.45) is 0 Å². The monoisotopic (exact) mass is 179 g/mol. The van der Waals surface area contributed by atoms with Crippen LogP contribution in [0, 0.1) is 6.92 Å². The largest absolute Gasteiger partial charge is 0.397 e. The van der Waals surface area contributed by atoms with Gasteiger partial charge in [-0.1, -0.05) is 0 Å². The summed E-state index contributed by atoms with van der Waals surface area (Å²) in [5.41, 5.74) is 7.33. The van der Waals surface area contributed by atoms with Gasteiger partial charge in [-0.15, -0.1) is 0 Å². The molecule has 0 aliphatic carbocycles. The van der Waals surface area contributed by atoms with Crippen molar-refractivity contribution in [2.45, 2.75) is 13.0 Å². The Morgan fingerprint density at radius 2 is 2.31 bits per heavy atom. The summed E-state index contributed by atoms with van der Waals surface area (Å²) >= 11 is 0. The second-order valence-corrected chi connectivity index (χ2v) is 3.47. The van der Waals surface area contributed by atoms with Crippen molar-refractivity contribution in [1.29, 1.82) is 0 Å². The molecule has 4 heteroatoms. The molecule has 0 atom stereocenters. The lowest BCUT2D eigenvalue weighted by atomic mass is 10.1. The smallest absolute Gasteiger partial charge is 0.131 e. The highest BCUT2D eigenvalue weighted by molar-refractivity contribution is 5.54. The van der Waals surface area contributed by atoms with Gasteiger partial charge in [-0.3, -0.25) is 0 Å². The van der Waals surface area contributed by atoms with Gasteiger partial charge in [0, 0.05) is 13.1 Å². The standard InChI is InChI=1S/C9H13N3O/c1-6-2-7(10)3-11-9(6)12-4-8(13)5-12/h2-3,8,13H,4-5,10H2,1H3. The summed E-state index contributed by atoms with van der Waals surface area (Å²) in [6, 6.07) is 1.90. The lowest BCUT2D eigenvalue weighted by Crippen LogP contribution is -2.51. The maximum Gasteiger partial charge on any atom is 0.131 e. The summed E-state index contributed by atoms with van der Waals surface area (Å²) in [5.74, 6) is 0.930. The average molecular weight is 179 g/mol. The van der Waals surface area contributed by atoms with E-state index in [1.165, 1.54) is 0 Å². The third-order valence-corrected chi connectivity index (χ3v) is 2.23. The molecule has 0 radical (unpaired) electrons. The van der Waals surface area contributed by atoms with Crippen LogP contribution in [0.5, 0.6) is 0 Å². The number of pyridine rings is 1. The van der Waals surface area contributed by atoms with Crippen molar-refractivity contribution >= 4 is 11.5 Å². The number of nitrogens with two attached hydrogens (primary N) is 1. The zero-order valence-corrected chi connectivity index (χ0v) is 7.57. The van der Waals surface area contributed by atoms with Gasteiger partial charge in [-0.2, -0.15) is 0 Å². The molecule has 4 nitrogen and oxygen atoms in total. The maximum atomic E-state index is 9.13. The van der Waals surface area contributed by atoms with Crippen molar-refractivity contribution < 1.29 is 5.11 Å². The zero-order valence-electron chi connectivity index (χ0n) is 7.57. The van der Waals surface area contributed by atoms with Crippen molar-refractivity contribution in [3.8, 4) is 0 Å². The first kappa shape index (κ1) is 8.31. The summed E-state index contributed by atoms with van der Waals surface area (Å²) in [6.07, 6.45) is 1.45. The molecule has 0 unspecified atom stereocenters. The summed E-state index contributed by atoms with van der Waals surface area (Å²) in [5, 5.41) is 9.13. The molecule has 1 saturated heterocycles. The minimum absolute atomic E-state index is 0.196.